The van der Waals surface area contributed by atoms with E-state index in [1.54, 1.807) is 5.38 Å². The van der Waals surface area contributed by atoms with Crippen molar-refractivity contribution in [2.24, 2.45) is 0 Å². The summed E-state index contributed by atoms with van der Waals surface area (Å²) in [5, 5.41) is 11.8. The molecule has 0 radical (unpaired) electrons. The Labute approximate surface area is 126 Å². The third kappa shape index (κ3) is 3.61. The fourth-order valence-corrected chi connectivity index (χ4v) is 2.80. The number of thiazole rings is 1. The van der Waals surface area contributed by atoms with E-state index >= 15 is 0 Å². The fourth-order valence-electron chi connectivity index (χ4n) is 1.56. The molecule has 0 fully saturated rings. The Bertz CT molecular complexity index is 598. The molecule has 0 aromatic carbocycles. The van der Waals surface area contributed by atoms with Gasteiger partial charge >= 0.3 is 0 Å². The number of H-pyrrole nitrogens is 1. The molecule has 2 N–H and O–H groups in total. The van der Waals surface area contributed by atoms with Crippen LogP contribution in [0, 0.1) is 0 Å². The number of rotatable bonds is 4. The third-order valence-corrected chi connectivity index (χ3v) is 4.59. The quantitative estimate of drug-likeness (QED) is 0.852. The Kier molecular flexibility index (Phi) is 4.49. The summed E-state index contributed by atoms with van der Waals surface area (Å²) in [6.07, 6.45) is 1.94. The summed E-state index contributed by atoms with van der Waals surface area (Å²) >= 11 is 3.02. The molecule has 2 heterocycles. The van der Waals surface area contributed by atoms with Gasteiger partial charge in [-0.15, -0.1) is 11.3 Å². The summed E-state index contributed by atoms with van der Waals surface area (Å²) in [5.41, 5.74) is 2.35. The minimum Gasteiger partial charge on any atom is -0.345 e. The molecule has 20 heavy (non-hydrogen) atoms. The number of hydrogen-bond donors (Lipinski definition) is 2. The molecule has 0 aliphatic rings. The van der Waals surface area contributed by atoms with Crippen LogP contribution in [-0.2, 0) is 12.0 Å². The zero-order valence-corrected chi connectivity index (χ0v) is 13.6. The summed E-state index contributed by atoms with van der Waals surface area (Å²) in [7, 11) is 0. The predicted molar refractivity (Wildman–Crippen MR) is 82.4 cm³/mol. The first-order valence-corrected chi connectivity index (χ1v) is 8.33. The highest BCUT2D eigenvalue weighted by Crippen LogP contribution is 2.21. The average molecular weight is 310 g/mol. The molecule has 0 atom stereocenters. The van der Waals surface area contributed by atoms with E-state index in [0.29, 0.717) is 12.2 Å². The van der Waals surface area contributed by atoms with Crippen LogP contribution < -0.4 is 5.32 Å². The lowest BCUT2D eigenvalue weighted by molar-refractivity contribution is 0.0945. The third-order valence-electron chi connectivity index (χ3n) is 2.73. The first kappa shape index (κ1) is 15.1. The van der Waals surface area contributed by atoms with E-state index in [2.05, 4.69) is 41.3 Å². The van der Waals surface area contributed by atoms with Crippen LogP contribution in [0.4, 0.5) is 0 Å². The van der Waals surface area contributed by atoms with Gasteiger partial charge in [-0.1, -0.05) is 32.5 Å². The van der Waals surface area contributed by atoms with Gasteiger partial charge < -0.3 is 5.32 Å². The highest BCUT2D eigenvalue weighted by atomic mass is 32.2. The number of amides is 1. The second-order valence-electron chi connectivity index (χ2n) is 5.41. The van der Waals surface area contributed by atoms with Crippen LogP contribution in [0.2, 0.25) is 0 Å². The van der Waals surface area contributed by atoms with E-state index in [1.165, 1.54) is 23.1 Å². The number of aromatic amines is 1. The lowest BCUT2D eigenvalue weighted by Gasteiger charge is -2.13. The Hall–Kier alpha value is -1.34. The minimum atomic E-state index is -0.159. The van der Waals surface area contributed by atoms with Gasteiger partial charge in [0.15, 0.2) is 0 Å². The number of nitrogens with zero attached hydrogens (tertiary/aromatic N) is 2. The molecule has 5 nitrogen and oxygen atoms in total. The fraction of sp³-hybridized carbons (Fsp3) is 0.462. The van der Waals surface area contributed by atoms with Gasteiger partial charge in [-0.05, 0) is 12.3 Å². The first-order chi connectivity index (χ1) is 9.40. The van der Waals surface area contributed by atoms with Crippen LogP contribution >= 0.6 is 23.1 Å². The lowest BCUT2D eigenvalue weighted by atomic mass is 9.92. The molecular weight excluding hydrogens is 292 g/mol. The van der Waals surface area contributed by atoms with Crippen LogP contribution in [0.15, 0.2) is 15.8 Å². The maximum Gasteiger partial charge on any atom is 0.271 e. The van der Waals surface area contributed by atoms with Crippen LogP contribution in [0.1, 0.15) is 42.6 Å². The molecule has 0 unspecified atom stereocenters. The van der Waals surface area contributed by atoms with Crippen molar-refractivity contribution < 1.29 is 4.79 Å². The van der Waals surface area contributed by atoms with Crippen molar-refractivity contribution >= 4 is 29.0 Å². The predicted octanol–water partition coefficient (Wildman–Crippen LogP) is 2.82. The highest BCUT2D eigenvalue weighted by molar-refractivity contribution is 8.00. The van der Waals surface area contributed by atoms with Crippen molar-refractivity contribution in [1.82, 2.24) is 20.5 Å². The maximum absolute atomic E-state index is 11.9. The Balaban J connectivity index is 1.95. The molecule has 0 saturated carbocycles. The number of hydrogen-bond acceptors (Lipinski definition) is 5. The maximum atomic E-state index is 11.9. The van der Waals surface area contributed by atoms with Crippen molar-refractivity contribution in [2.75, 3.05) is 6.26 Å². The SMILES string of the molecule is CSc1nc(C(=O)NCc2cc(C(C)(C)C)n[nH]2)cs1. The zero-order valence-electron chi connectivity index (χ0n) is 12.0. The normalized spacial score (nSPS) is 11.6. The van der Waals surface area contributed by atoms with Gasteiger partial charge in [0.1, 0.15) is 10.0 Å². The largest absolute Gasteiger partial charge is 0.345 e. The number of carbonyl (C=O) groups excluding carboxylic acids is 1. The number of carbonyl (C=O) groups is 1. The second-order valence-corrected chi connectivity index (χ2v) is 7.33. The van der Waals surface area contributed by atoms with Gasteiger partial charge in [0.25, 0.3) is 5.91 Å². The molecule has 2 aromatic rings. The van der Waals surface area contributed by atoms with Gasteiger partial charge in [-0.25, -0.2) is 4.98 Å². The Morgan fingerprint density at radius 2 is 2.25 bits per heavy atom. The van der Waals surface area contributed by atoms with E-state index in [-0.39, 0.29) is 11.3 Å². The summed E-state index contributed by atoms with van der Waals surface area (Å²) < 4.78 is 0.895. The number of aromatic nitrogens is 3. The van der Waals surface area contributed by atoms with Gasteiger partial charge in [0.05, 0.1) is 17.9 Å². The van der Waals surface area contributed by atoms with Crippen molar-refractivity contribution in [3.8, 4) is 0 Å². The van der Waals surface area contributed by atoms with Gasteiger partial charge in [0.2, 0.25) is 0 Å². The van der Waals surface area contributed by atoms with Crippen molar-refractivity contribution in [3.05, 3.63) is 28.5 Å². The van der Waals surface area contributed by atoms with Crippen molar-refractivity contribution in [2.45, 2.75) is 37.1 Å². The average Bonchev–Trinajstić information content (AvgIpc) is 3.04. The van der Waals surface area contributed by atoms with E-state index in [9.17, 15) is 4.79 Å². The topological polar surface area (TPSA) is 70.7 Å². The number of nitrogens with one attached hydrogen (secondary N) is 2. The molecule has 0 bridgehead atoms. The molecule has 0 saturated heterocycles. The van der Waals surface area contributed by atoms with Crippen LogP contribution in [0.5, 0.6) is 0 Å². The van der Waals surface area contributed by atoms with Crippen molar-refractivity contribution in [1.29, 1.82) is 0 Å². The van der Waals surface area contributed by atoms with Crippen LogP contribution in [-0.4, -0.2) is 27.3 Å². The van der Waals surface area contributed by atoms with Crippen LogP contribution in [0.25, 0.3) is 0 Å². The molecule has 7 heteroatoms. The van der Waals surface area contributed by atoms with Gasteiger partial charge in [0, 0.05) is 10.8 Å². The molecule has 108 valence electrons. The number of thioether (sulfide) groups is 1. The molecular formula is C13H18N4OS2. The standard InChI is InChI=1S/C13H18N4OS2/c1-13(2,3)10-5-8(16-17-10)6-14-11(18)9-7-20-12(15-9)19-4/h5,7H,6H2,1-4H3,(H,14,18)(H,16,17). The molecule has 2 aromatic heterocycles. The first-order valence-electron chi connectivity index (χ1n) is 6.22. The Morgan fingerprint density at radius 3 is 2.80 bits per heavy atom. The lowest BCUT2D eigenvalue weighted by Crippen LogP contribution is -2.23. The van der Waals surface area contributed by atoms with Crippen LogP contribution in [0.3, 0.4) is 0 Å². The summed E-state index contributed by atoms with van der Waals surface area (Å²) in [6.45, 7) is 6.73. The molecule has 0 spiro atoms. The molecule has 0 aliphatic heterocycles. The van der Waals surface area contributed by atoms with E-state index in [0.717, 1.165) is 15.7 Å². The molecule has 2 rings (SSSR count). The summed E-state index contributed by atoms with van der Waals surface area (Å²) in [4.78, 5) is 16.2. The summed E-state index contributed by atoms with van der Waals surface area (Å²) in [6, 6.07) is 1.98. The monoisotopic (exact) mass is 310 g/mol. The second kappa shape index (κ2) is 5.97. The van der Waals surface area contributed by atoms with E-state index < -0.39 is 0 Å². The Morgan fingerprint density at radius 1 is 1.50 bits per heavy atom. The highest BCUT2D eigenvalue weighted by Gasteiger charge is 2.17. The molecule has 0 aliphatic carbocycles. The smallest absolute Gasteiger partial charge is 0.271 e. The summed E-state index contributed by atoms with van der Waals surface area (Å²) in [5.74, 6) is -0.159. The van der Waals surface area contributed by atoms with Gasteiger partial charge in [-0.2, -0.15) is 5.10 Å². The van der Waals surface area contributed by atoms with Gasteiger partial charge in [-0.3, -0.25) is 9.89 Å². The molecule has 1 amide bonds. The van der Waals surface area contributed by atoms with E-state index in [1.807, 2.05) is 12.3 Å². The van der Waals surface area contributed by atoms with Crippen molar-refractivity contribution in [3.63, 3.8) is 0 Å². The minimum absolute atomic E-state index is 0.000916. The zero-order chi connectivity index (χ0) is 14.8. The van der Waals surface area contributed by atoms with E-state index in [4.69, 9.17) is 0 Å².